The first-order valence-electron chi connectivity index (χ1n) is 6.68. The monoisotopic (exact) mass is 244 g/mol. The second kappa shape index (κ2) is 3.82. The summed E-state index contributed by atoms with van der Waals surface area (Å²) in [5.74, 6) is 0.796. The number of nitrogens with zero attached hydrogens (tertiary/aromatic N) is 1. The number of rotatable bonds is 2. The van der Waals surface area contributed by atoms with Crippen molar-refractivity contribution in [1.29, 1.82) is 0 Å². The van der Waals surface area contributed by atoms with E-state index in [4.69, 9.17) is 0 Å². The van der Waals surface area contributed by atoms with Crippen LogP contribution in [0.1, 0.15) is 49.9 Å². The van der Waals surface area contributed by atoms with Crippen molar-refractivity contribution in [2.24, 2.45) is 0 Å². The van der Waals surface area contributed by atoms with Crippen molar-refractivity contribution >= 4 is 5.91 Å². The standard InChI is InChI=1S/C15H20N2O/c1-10(2)11-4-6-12(7-5-11)13-16-15(8-9-15)14(18)17(13)3/h4-7,10,13,16H,8-9H2,1-3H3. The fraction of sp³-hybridized carbons (Fsp3) is 0.533. The Bertz CT molecular complexity index is 474. The zero-order valence-electron chi connectivity index (χ0n) is 11.2. The third-order valence-corrected chi connectivity index (χ3v) is 4.20. The smallest absolute Gasteiger partial charge is 0.244 e. The number of amides is 1. The highest BCUT2D eigenvalue weighted by Crippen LogP contribution is 2.45. The van der Waals surface area contributed by atoms with Gasteiger partial charge in [-0.3, -0.25) is 10.1 Å². The Morgan fingerprint density at radius 3 is 2.33 bits per heavy atom. The van der Waals surface area contributed by atoms with Gasteiger partial charge in [0.25, 0.3) is 0 Å². The SMILES string of the molecule is CC(C)c1ccc(C2NC3(CC3)C(=O)N2C)cc1. The van der Waals surface area contributed by atoms with E-state index in [1.54, 1.807) is 0 Å². The van der Waals surface area contributed by atoms with Gasteiger partial charge in [0.05, 0.1) is 0 Å². The van der Waals surface area contributed by atoms with Gasteiger partial charge in [0.2, 0.25) is 5.91 Å². The molecular formula is C15H20N2O. The summed E-state index contributed by atoms with van der Waals surface area (Å²) in [6.45, 7) is 4.38. The maximum atomic E-state index is 12.1. The van der Waals surface area contributed by atoms with Crippen LogP contribution in [0.4, 0.5) is 0 Å². The van der Waals surface area contributed by atoms with E-state index in [9.17, 15) is 4.79 Å². The summed E-state index contributed by atoms with van der Waals surface area (Å²) in [7, 11) is 1.89. The predicted octanol–water partition coefficient (Wildman–Crippen LogP) is 2.40. The van der Waals surface area contributed by atoms with E-state index < -0.39 is 0 Å². The van der Waals surface area contributed by atoms with Crippen LogP contribution in [0, 0.1) is 0 Å². The first kappa shape index (κ1) is 11.7. The predicted molar refractivity (Wildman–Crippen MR) is 71.1 cm³/mol. The van der Waals surface area contributed by atoms with Gasteiger partial charge in [0.1, 0.15) is 11.7 Å². The number of carbonyl (C=O) groups is 1. The Labute approximate surface area is 108 Å². The van der Waals surface area contributed by atoms with Crippen molar-refractivity contribution < 1.29 is 4.79 Å². The molecule has 1 saturated carbocycles. The Morgan fingerprint density at radius 1 is 1.28 bits per heavy atom. The van der Waals surface area contributed by atoms with E-state index in [1.807, 2.05) is 11.9 Å². The number of carbonyl (C=O) groups excluding carboxylic acids is 1. The molecule has 1 aliphatic carbocycles. The second-order valence-electron chi connectivity index (χ2n) is 5.87. The van der Waals surface area contributed by atoms with Crippen LogP contribution in [0.5, 0.6) is 0 Å². The van der Waals surface area contributed by atoms with Crippen LogP contribution in [0.15, 0.2) is 24.3 Å². The Kier molecular flexibility index (Phi) is 2.49. The summed E-state index contributed by atoms with van der Waals surface area (Å²) < 4.78 is 0. The summed E-state index contributed by atoms with van der Waals surface area (Å²) in [6.07, 6.45) is 2.01. The average molecular weight is 244 g/mol. The van der Waals surface area contributed by atoms with Crippen LogP contribution < -0.4 is 5.32 Å². The van der Waals surface area contributed by atoms with Crippen molar-refractivity contribution in [3.8, 4) is 0 Å². The average Bonchev–Trinajstić information content (AvgIpc) is 3.11. The molecule has 3 nitrogen and oxygen atoms in total. The third kappa shape index (κ3) is 1.65. The van der Waals surface area contributed by atoms with Crippen LogP contribution >= 0.6 is 0 Å². The largest absolute Gasteiger partial charge is 0.324 e. The van der Waals surface area contributed by atoms with Crippen LogP contribution in [0.2, 0.25) is 0 Å². The summed E-state index contributed by atoms with van der Waals surface area (Å²) in [4.78, 5) is 14.0. The molecule has 1 heterocycles. The quantitative estimate of drug-likeness (QED) is 0.866. The fourth-order valence-corrected chi connectivity index (χ4v) is 2.73. The van der Waals surface area contributed by atoms with Crippen LogP contribution in [0.25, 0.3) is 0 Å². The molecule has 1 unspecified atom stereocenters. The maximum absolute atomic E-state index is 12.1. The van der Waals surface area contributed by atoms with E-state index in [1.165, 1.54) is 11.1 Å². The van der Waals surface area contributed by atoms with Crippen molar-refractivity contribution in [2.75, 3.05) is 7.05 Å². The molecule has 2 fully saturated rings. The Hall–Kier alpha value is -1.35. The van der Waals surface area contributed by atoms with E-state index in [-0.39, 0.29) is 17.6 Å². The molecule has 1 aliphatic heterocycles. The number of hydrogen-bond donors (Lipinski definition) is 1. The molecule has 1 aromatic carbocycles. The number of likely N-dealkylation sites (N-methyl/N-ethyl adjacent to an activating group) is 1. The highest BCUT2D eigenvalue weighted by Gasteiger charge is 2.58. The molecule has 18 heavy (non-hydrogen) atoms. The van der Waals surface area contributed by atoms with Crippen LogP contribution in [-0.2, 0) is 4.79 Å². The minimum absolute atomic E-state index is 0.0428. The van der Waals surface area contributed by atoms with Crippen molar-refractivity contribution in [3.05, 3.63) is 35.4 Å². The van der Waals surface area contributed by atoms with E-state index in [2.05, 4.69) is 43.4 Å². The molecule has 96 valence electrons. The lowest BCUT2D eigenvalue weighted by molar-refractivity contribution is -0.129. The molecule has 1 atom stereocenters. The molecule has 1 aromatic rings. The zero-order valence-corrected chi connectivity index (χ0v) is 11.2. The lowest BCUT2D eigenvalue weighted by Gasteiger charge is -2.20. The van der Waals surface area contributed by atoms with Gasteiger partial charge >= 0.3 is 0 Å². The fourth-order valence-electron chi connectivity index (χ4n) is 2.73. The van der Waals surface area contributed by atoms with E-state index in [0.29, 0.717) is 5.92 Å². The van der Waals surface area contributed by atoms with E-state index >= 15 is 0 Å². The third-order valence-electron chi connectivity index (χ3n) is 4.20. The second-order valence-corrected chi connectivity index (χ2v) is 5.87. The van der Waals surface area contributed by atoms with Crippen molar-refractivity contribution in [3.63, 3.8) is 0 Å². The van der Waals surface area contributed by atoms with Gasteiger partial charge in [-0.1, -0.05) is 38.1 Å². The molecule has 3 heteroatoms. The first-order valence-corrected chi connectivity index (χ1v) is 6.68. The topological polar surface area (TPSA) is 32.3 Å². The Morgan fingerprint density at radius 2 is 1.89 bits per heavy atom. The molecule has 2 aliphatic rings. The molecule has 1 spiro atoms. The van der Waals surface area contributed by atoms with Crippen LogP contribution in [0.3, 0.4) is 0 Å². The van der Waals surface area contributed by atoms with Crippen LogP contribution in [-0.4, -0.2) is 23.4 Å². The van der Waals surface area contributed by atoms with Gasteiger partial charge in [-0.15, -0.1) is 0 Å². The van der Waals surface area contributed by atoms with Crippen molar-refractivity contribution in [2.45, 2.75) is 44.3 Å². The molecule has 0 radical (unpaired) electrons. The van der Waals surface area contributed by atoms with Gasteiger partial charge in [-0.25, -0.2) is 0 Å². The normalized spacial score (nSPS) is 25.2. The highest BCUT2D eigenvalue weighted by molar-refractivity contribution is 5.91. The number of hydrogen-bond acceptors (Lipinski definition) is 2. The minimum Gasteiger partial charge on any atom is -0.324 e. The Balaban J connectivity index is 1.85. The summed E-state index contributed by atoms with van der Waals surface area (Å²) in [6, 6.07) is 8.60. The maximum Gasteiger partial charge on any atom is 0.244 e. The molecule has 1 amide bonds. The summed E-state index contributed by atoms with van der Waals surface area (Å²) in [5.41, 5.74) is 2.29. The van der Waals surface area contributed by atoms with Gasteiger partial charge in [0, 0.05) is 7.05 Å². The van der Waals surface area contributed by atoms with Gasteiger partial charge in [-0.05, 0) is 29.9 Å². The molecule has 3 rings (SSSR count). The molecule has 1 N–H and O–H groups in total. The number of nitrogens with one attached hydrogen (secondary N) is 1. The van der Waals surface area contributed by atoms with Gasteiger partial charge in [0.15, 0.2) is 0 Å². The summed E-state index contributed by atoms with van der Waals surface area (Å²) >= 11 is 0. The lowest BCUT2D eigenvalue weighted by atomic mass is 10.0. The van der Waals surface area contributed by atoms with Gasteiger partial charge < -0.3 is 4.90 Å². The molecule has 0 bridgehead atoms. The number of benzene rings is 1. The highest BCUT2D eigenvalue weighted by atomic mass is 16.2. The minimum atomic E-state index is -0.226. The lowest BCUT2D eigenvalue weighted by Crippen LogP contribution is -2.30. The van der Waals surface area contributed by atoms with Gasteiger partial charge in [-0.2, -0.15) is 0 Å². The molecular weight excluding hydrogens is 224 g/mol. The van der Waals surface area contributed by atoms with Crippen molar-refractivity contribution in [1.82, 2.24) is 10.2 Å². The zero-order chi connectivity index (χ0) is 12.9. The molecule has 1 saturated heterocycles. The molecule has 0 aromatic heterocycles. The summed E-state index contributed by atoms with van der Waals surface area (Å²) in [5, 5.41) is 3.48. The van der Waals surface area contributed by atoms with E-state index in [0.717, 1.165) is 12.8 Å². The first-order chi connectivity index (χ1) is 8.53.